The lowest BCUT2D eigenvalue weighted by Gasteiger charge is -2.10. The Hall–Kier alpha value is -1.52. The third-order valence-electron chi connectivity index (χ3n) is 4.24. The van der Waals surface area contributed by atoms with Crippen LogP contribution in [-0.4, -0.2) is 22.2 Å². The second-order valence-electron chi connectivity index (χ2n) is 5.71. The molecule has 0 atom stereocenters. The largest absolute Gasteiger partial charge is 0.395 e. The van der Waals surface area contributed by atoms with Gasteiger partial charge in [-0.2, -0.15) is 5.10 Å². The van der Waals surface area contributed by atoms with Crippen molar-refractivity contribution < 1.29 is 4.79 Å². The molecule has 1 saturated carbocycles. The van der Waals surface area contributed by atoms with E-state index in [1.807, 2.05) is 13.8 Å². The van der Waals surface area contributed by atoms with Crippen LogP contribution in [0, 0.1) is 12.8 Å². The predicted octanol–water partition coefficient (Wildman–Crippen LogP) is 2.49. The average Bonchev–Trinajstić information content (AvgIpc) is 3.04. The molecule has 0 aromatic carbocycles. The fraction of sp³-hybridized carbons (Fsp3) is 0.733. The fourth-order valence-electron chi connectivity index (χ4n) is 3.04. The first kappa shape index (κ1) is 14.9. The van der Waals surface area contributed by atoms with Gasteiger partial charge in [0.15, 0.2) is 0 Å². The molecule has 0 saturated heterocycles. The van der Waals surface area contributed by atoms with Gasteiger partial charge >= 0.3 is 0 Å². The summed E-state index contributed by atoms with van der Waals surface area (Å²) >= 11 is 0. The number of anilines is 1. The lowest BCUT2D eigenvalue weighted by atomic mass is 10.0. The molecule has 1 aromatic heterocycles. The first-order chi connectivity index (χ1) is 9.63. The highest BCUT2D eigenvalue weighted by atomic mass is 16.2. The van der Waals surface area contributed by atoms with Gasteiger partial charge in [0.2, 0.25) is 0 Å². The zero-order chi connectivity index (χ0) is 14.5. The van der Waals surface area contributed by atoms with Gasteiger partial charge in [0, 0.05) is 13.1 Å². The van der Waals surface area contributed by atoms with Crippen LogP contribution in [0.3, 0.4) is 0 Å². The van der Waals surface area contributed by atoms with E-state index in [2.05, 4.69) is 10.4 Å². The Morgan fingerprint density at radius 3 is 2.80 bits per heavy atom. The zero-order valence-electron chi connectivity index (χ0n) is 12.6. The molecule has 5 heteroatoms. The van der Waals surface area contributed by atoms with Crippen molar-refractivity contribution >= 4 is 11.6 Å². The molecule has 0 aliphatic heterocycles. The van der Waals surface area contributed by atoms with Crippen LogP contribution in [0.15, 0.2) is 0 Å². The number of hydrogen-bond acceptors (Lipinski definition) is 3. The van der Waals surface area contributed by atoms with E-state index in [1.54, 1.807) is 4.68 Å². The van der Waals surface area contributed by atoms with Crippen molar-refractivity contribution in [3.05, 3.63) is 11.4 Å². The number of nitrogens with zero attached hydrogens (tertiary/aromatic N) is 2. The van der Waals surface area contributed by atoms with Crippen LogP contribution in [0.5, 0.6) is 0 Å². The highest BCUT2D eigenvalue weighted by molar-refractivity contribution is 5.97. The van der Waals surface area contributed by atoms with Gasteiger partial charge in [0.25, 0.3) is 5.91 Å². The highest BCUT2D eigenvalue weighted by Gasteiger charge is 2.19. The number of nitrogen functional groups attached to an aromatic ring is 1. The molecule has 1 aromatic rings. The standard InChI is InChI=1S/C15H26N4O/c1-3-19-14(13(16)11(2)18-19)15(20)17-10-6-9-12-7-4-5-8-12/h12H,3-10,16H2,1-2H3,(H,17,20). The summed E-state index contributed by atoms with van der Waals surface area (Å²) in [5.74, 6) is 0.775. The topological polar surface area (TPSA) is 72.9 Å². The molecule has 1 fully saturated rings. The molecule has 0 bridgehead atoms. The minimum atomic E-state index is -0.101. The molecule has 5 nitrogen and oxygen atoms in total. The van der Waals surface area contributed by atoms with Gasteiger partial charge in [0.05, 0.1) is 11.4 Å². The number of carbonyl (C=O) groups excluding carboxylic acids is 1. The average molecular weight is 278 g/mol. The second kappa shape index (κ2) is 6.77. The molecule has 1 amide bonds. The van der Waals surface area contributed by atoms with E-state index >= 15 is 0 Å². The maximum Gasteiger partial charge on any atom is 0.271 e. The second-order valence-corrected chi connectivity index (χ2v) is 5.71. The Kier molecular flexibility index (Phi) is 5.04. The molecule has 0 spiro atoms. The van der Waals surface area contributed by atoms with E-state index in [-0.39, 0.29) is 5.91 Å². The normalized spacial score (nSPS) is 15.7. The molecule has 1 heterocycles. The van der Waals surface area contributed by atoms with E-state index in [0.29, 0.717) is 17.9 Å². The van der Waals surface area contributed by atoms with E-state index < -0.39 is 0 Å². The van der Waals surface area contributed by atoms with Crippen molar-refractivity contribution in [3.8, 4) is 0 Å². The number of carbonyl (C=O) groups is 1. The van der Waals surface area contributed by atoms with Gasteiger partial charge in [-0.15, -0.1) is 0 Å². The summed E-state index contributed by atoms with van der Waals surface area (Å²) in [7, 11) is 0. The Labute approximate surface area is 120 Å². The van der Waals surface area contributed by atoms with Crippen molar-refractivity contribution in [2.75, 3.05) is 12.3 Å². The smallest absolute Gasteiger partial charge is 0.271 e. The predicted molar refractivity (Wildman–Crippen MR) is 80.6 cm³/mol. The summed E-state index contributed by atoms with van der Waals surface area (Å²) in [5.41, 5.74) is 7.67. The van der Waals surface area contributed by atoms with Crippen LogP contribution in [0.2, 0.25) is 0 Å². The number of hydrogen-bond donors (Lipinski definition) is 2. The van der Waals surface area contributed by atoms with Crippen molar-refractivity contribution in [1.82, 2.24) is 15.1 Å². The summed E-state index contributed by atoms with van der Waals surface area (Å²) in [6, 6.07) is 0. The molecule has 0 radical (unpaired) electrons. The molecule has 1 aliphatic carbocycles. The highest BCUT2D eigenvalue weighted by Crippen LogP contribution is 2.28. The van der Waals surface area contributed by atoms with Gasteiger partial charge in [0.1, 0.15) is 5.69 Å². The SMILES string of the molecule is CCn1nc(C)c(N)c1C(=O)NCCCC1CCCC1. The lowest BCUT2D eigenvalue weighted by Crippen LogP contribution is -2.28. The third-order valence-corrected chi connectivity index (χ3v) is 4.24. The Morgan fingerprint density at radius 1 is 1.45 bits per heavy atom. The number of aromatic nitrogens is 2. The summed E-state index contributed by atoms with van der Waals surface area (Å²) in [4.78, 5) is 12.2. The van der Waals surface area contributed by atoms with Crippen molar-refractivity contribution in [1.29, 1.82) is 0 Å². The van der Waals surface area contributed by atoms with Crippen LogP contribution >= 0.6 is 0 Å². The number of aryl methyl sites for hydroxylation is 2. The van der Waals surface area contributed by atoms with Gasteiger partial charge in [-0.1, -0.05) is 25.7 Å². The van der Waals surface area contributed by atoms with Gasteiger partial charge in [-0.05, 0) is 32.6 Å². The summed E-state index contributed by atoms with van der Waals surface area (Å²) in [6.45, 7) is 5.17. The number of amides is 1. The molecule has 0 unspecified atom stereocenters. The van der Waals surface area contributed by atoms with Crippen LogP contribution < -0.4 is 11.1 Å². The Balaban J connectivity index is 1.82. The van der Waals surface area contributed by atoms with Crippen LogP contribution in [0.1, 0.15) is 61.6 Å². The van der Waals surface area contributed by atoms with E-state index in [0.717, 1.165) is 24.6 Å². The molecule has 20 heavy (non-hydrogen) atoms. The van der Waals surface area contributed by atoms with E-state index in [1.165, 1.54) is 32.1 Å². The third kappa shape index (κ3) is 3.32. The Bertz CT molecular complexity index is 461. The van der Waals surface area contributed by atoms with E-state index in [4.69, 9.17) is 5.73 Å². The van der Waals surface area contributed by atoms with E-state index in [9.17, 15) is 4.79 Å². The van der Waals surface area contributed by atoms with Gasteiger partial charge in [-0.3, -0.25) is 9.48 Å². The monoisotopic (exact) mass is 278 g/mol. The molecule has 2 rings (SSSR count). The first-order valence-electron chi connectivity index (χ1n) is 7.74. The number of nitrogens with two attached hydrogens (primary N) is 1. The van der Waals surface area contributed by atoms with Gasteiger partial charge < -0.3 is 11.1 Å². The van der Waals surface area contributed by atoms with Crippen molar-refractivity contribution in [2.24, 2.45) is 5.92 Å². The Morgan fingerprint density at radius 2 is 2.15 bits per heavy atom. The summed E-state index contributed by atoms with van der Waals surface area (Å²) in [6.07, 6.45) is 7.76. The maximum atomic E-state index is 12.2. The molecule has 3 N–H and O–H groups in total. The molecular weight excluding hydrogens is 252 g/mol. The lowest BCUT2D eigenvalue weighted by molar-refractivity contribution is 0.0942. The zero-order valence-corrected chi connectivity index (χ0v) is 12.6. The molecule has 112 valence electrons. The number of nitrogens with one attached hydrogen (secondary N) is 1. The quantitative estimate of drug-likeness (QED) is 0.785. The maximum absolute atomic E-state index is 12.2. The van der Waals surface area contributed by atoms with Gasteiger partial charge in [-0.25, -0.2) is 0 Å². The molecular formula is C15H26N4O. The van der Waals surface area contributed by atoms with Crippen LogP contribution in [-0.2, 0) is 6.54 Å². The minimum absolute atomic E-state index is 0.101. The van der Waals surface area contributed by atoms with Crippen LogP contribution in [0.4, 0.5) is 5.69 Å². The molecule has 1 aliphatic rings. The van der Waals surface area contributed by atoms with Crippen LogP contribution in [0.25, 0.3) is 0 Å². The summed E-state index contributed by atoms with van der Waals surface area (Å²) < 4.78 is 1.68. The minimum Gasteiger partial charge on any atom is -0.395 e. The first-order valence-corrected chi connectivity index (χ1v) is 7.74. The van der Waals surface area contributed by atoms with Crippen molar-refractivity contribution in [2.45, 2.75) is 58.9 Å². The number of rotatable bonds is 6. The fourth-order valence-corrected chi connectivity index (χ4v) is 3.04. The van der Waals surface area contributed by atoms with Crippen molar-refractivity contribution in [3.63, 3.8) is 0 Å². The summed E-state index contributed by atoms with van der Waals surface area (Å²) in [5, 5.41) is 7.24.